The number of primary amides is 1. The van der Waals surface area contributed by atoms with Crippen LogP contribution < -0.4 is 32.3 Å². The van der Waals surface area contributed by atoms with Crippen molar-refractivity contribution in [3.05, 3.63) is 148 Å². The van der Waals surface area contributed by atoms with E-state index in [9.17, 15) is 57.5 Å². The lowest BCUT2D eigenvalue weighted by atomic mass is 9.88. The van der Waals surface area contributed by atoms with Crippen molar-refractivity contribution in [2.45, 2.75) is 259 Å². The molecule has 1 saturated heterocycles. The third-order valence-corrected chi connectivity index (χ3v) is 24.1. The van der Waals surface area contributed by atoms with Gasteiger partial charge in [0.25, 0.3) is 0 Å². The van der Waals surface area contributed by atoms with Crippen molar-refractivity contribution >= 4 is 82.4 Å². The topological polar surface area (TPSA) is 378 Å². The average molecular weight is 1770 g/mol. The van der Waals surface area contributed by atoms with Gasteiger partial charge in [0.15, 0.2) is 11.6 Å². The van der Waals surface area contributed by atoms with Gasteiger partial charge < -0.3 is 75.3 Å². The molecule has 1 aliphatic carbocycles. The van der Waals surface area contributed by atoms with Crippen molar-refractivity contribution in [2.24, 2.45) is 41.2 Å². The fraction of sp³-hybridized carbons (Fsp3) is 0.594. The summed E-state index contributed by atoms with van der Waals surface area (Å²) >= 11 is 1.49. The van der Waals surface area contributed by atoms with Crippen LogP contribution in [0.4, 0.5) is 14.4 Å². The zero-order chi connectivity index (χ0) is 92.9. The van der Waals surface area contributed by atoms with Gasteiger partial charge in [-0.25, -0.2) is 19.4 Å². The van der Waals surface area contributed by atoms with Gasteiger partial charge in [-0.05, 0) is 130 Å². The maximum absolute atomic E-state index is 14.6. The number of urea groups is 1. The summed E-state index contributed by atoms with van der Waals surface area (Å²) < 4.78 is 40.0. The number of amides is 9. The molecule has 5 aromatic rings. The molecular formula is C96H140N10O19S. The van der Waals surface area contributed by atoms with Crippen molar-refractivity contribution in [1.29, 1.82) is 0 Å². The van der Waals surface area contributed by atoms with Crippen LogP contribution in [-0.4, -0.2) is 219 Å². The largest absolute Gasteiger partial charge is 0.460 e. The molecule has 1 fully saturated rings. The summed E-state index contributed by atoms with van der Waals surface area (Å²) in [5.74, 6) is -4.76. The molecule has 30 heteroatoms. The molecule has 0 unspecified atom stereocenters. The van der Waals surface area contributed by atoms with Crippen LogP contribution in [-0.2, 0) is 89.3 Å². The van der Waals surface area contributed by atoms with E-state index < -0.39 is 89.9 Å². The Balaban J connectivity index is 0.000000390. The van der Waals surface area contributed by atoms with Crippen molar-refractivity contribution in [3.8, 4) is 11.1 Å². The number of fused-ring (bicyclic) bond motifs is 3. The third kappa shape index (κ3) is 33.0. The lowest BCUT2D eigenvalue weighted by molar-refractivity contribution is -0.155. The molecule has 1 aromatic heterocycles. The van der Waals surface area contributed by atoms with Gasteiger partial charge in [-0.1, -0.05) is 184 Å². The average Bonchev–Trinajstić information content (AvgIpc) is 1.56. The van der Waals surface area contributed by atoms with Gasteiger partial charge in [-0.2, -0.15) is 0 Å². The van der Waals surface area contributed by atoms with Crippen LogP contribution in [0, 0.1) is 42.4 Å². The number of benzene rings is 4. The van der Waals surface area contributed by atoms with Crippen LogP contribution in [0.5, 0.6) is 0 Å². The molecule has 126 heavy (non-hydrogen) atoms. The number of likely N-dealkylation sites (N-methyl/N-ethyl adjacent to an activating group) is 2. The number of nitrogens with two attached hydrogens (primary N) is 1. The normalized spacial score (nSPS) is 15.7. The summed E-state index contributed by atoms with van der Waals surface area (Å²) in [5, 5.41) is 16.9. The predicted molar refractivity (Wildman–Crippen MR) is 483 cm³/mol. The minimum atomic E-state index is -0.970. The first-order valence-electron chi connectivity index (χ1n) is 44.4. The Morgan fingerprint density at radius 3 is 1.86 bits per heavy atom. The van der Waals surface area contributed by atoms with Crippen LogP contribution in [0.3, 0.4) is 0 Å². The van der Waals surface area contributed by atoms with Gasteiger partial charge in [-0.15, -0.1) is 11.3 Å². The highest BCUT2D eigenvalue weighted by atomic mass is 32.1. The van der Waals surface area contributed by atoms with E-state index in [4.69, 9.17) is 38.9 Å². The maximum Gasteiger partial charge on any atom is 0.410 e. The van der Waals surface area contributed by atoms with Crippen LogP contribution in [0.1, 0.15) is 218 Å². The first-order valence-corrected chi connectivity index (χ1v) is 45.3. The number of hydrogen-bond acceptors (Lipinski definition) is 21. The van der Waals surface area contributed by atoms with E-state index in [1.165, 1.54) is 23.3 Å². The number of nitrogens with one attached hydrogen (secondary N) is 5. The van der Waals surface area contributed by atoms with Crippen molar-refractivity contribution in [3.63, 3.8) is 0 Å². The second-order valence-electron chi connectivity index (χ2n) is 34.9. The van der Waals surface area contributed by atoms with Crippen LogP contribution >= 0.6 is 11.3 Å². The highest BCUT2D eigenvalue weighted by Crippen LogP contribution is 2.45. The molecule has 0 spiro atoms. The Labute approximate surface area is 749 Å². The lowest BCUT2D eigenvalue weighted by Gasteiger charge is -2.41. The monoisotopic (exact) mass is 1770 g/mol. The zero-order valence-corrected chi connectivity index (χ0v) is 78.1. The van der Waals surface area contributed by atoms with E-state index in [-0.39, 0.29) is 174 Å². The van der Waals surface area contributed by atoms with Gasteiger partial charge in [0.05, 0.1) is 74.6 Å². The minimum Gasteiger partial charge on any atom is -0.460 e. The van der Waals surface area contributed by atoms with Crippen molar-refractivity contribution in [2.75, 3.05) is 74.4 Å². The number of carbonyl (C=O) groups excluding carboxylic acids is 12. The second kappa shape index (κ2) is 52.9. The Hall–Kier alpha value is -10.0. The fourth-order valence-corrected chi connectivity index (χ4v) is 16.8. The zero-order valence-electron chi connectivity index (χ0n) is 77.3. The van der Waals surface area contributed by atoms with E-state index in [0.717, 1.165) is 50.4 Å². The van der Waals surface area contributed by atoms with Crippen LogP contribution in [0.25, 0.3) is 11.1 Å². The predicted octanol–water partition coefficient (Wildman–Crippen LogP) is 13.1. The van der Waals surface area contributed by atoms with E-state index in [0.29, 0.717) is 45.1 Å². The molecule has 9 amide bonds. The highest BCUT2D eigenvalue weighted by Gasteiger charge is 2.45. The maximum atomic E-state index is 14.6. The number of nitrogens with zero attached hydrogens (tertiary/aromatic N) is 4. The van der Waals surface area contributed by atoms with Crippen molar-refractivity contribution in [1.82, 2.24) is 46.3 Å². The first-order chi connectivity index (χ1) is 59.9. The summed E-state index contributed by atoms with van der Waals surface area (Å²) in [6.45, 7) is 27.7. The number of ketones is 3. The summed E-state index contributed by atoms with van der Waals surface area (Å²) in [4.78, 5) is 168. The van der Waals surface area contributed by atoms with Crippen molar-refractivity contribution < 1.29 is 90.7 Å². The second-order valence-corrected chi connectivity index (χ2v) is 35.8. The number of alkyl carbamates (subject to hydrolysis) is 1. The number of rotatable bonds is 51. The van der Waals surface area contributed by atoms with Gasteiger partial charge in [0, 0.05) is 104 Å². The summed E-state index contributed by atoms with van der Waals surface area (Å²) in [6.07, 6.45) is 3.29. The Morgan fingerprint density at radius 1 is 0.643 bits per heavy atom. The molecule has 2 aliphatic rings. The molecule has 0 saturated carbocycles. The Kier molecular flexibility index (Phi) is 44.0. The molecule has 7 rings (SSSR count). The highest BCUT2D eigenvalue weighted by molar-refractivity contribution is 7.09. The molecule has 0 radical (unpaired) electrons. The third-order valence-electron chi connectivity index (χ3n) is 23.2. The number of methoxy groups -OCH3 is 2. The smallest absolute Gasteiger partial charge is 0.410 e. The molecule has 29 nitrogen and oxygen atoms in total. The SMILES string of the molecule is CCC(=O)[C@H](CCCNC(N)=O)NC(=O)[C@@H](CC(=O)CCOCCOCCCC(=O)[C@H](CCC(=O)OC(C)(C)C)NC(=O)OCC1c2ccccc2-c2ccccc21)C(C)C.CC[C@H](C)[C@@H]([C@@H](CC(=O)N1CCC[C@H]1[C@H](OC)[C@@H](C)C(=O)N[C@@H](Cc1ccccc1)c1nccs1)OC)N(C)C(=O)[C@@H](NC(=O)[C@H](C(C)C)N(C)C(=O)OCc1ccc(C)cc1)C(C)C. The number of thiazole rings is 1. The molecule has 4 aromatic carbocycles. The number of hydrogen-bond donors (Lipinski definition) is 6. The summed E-state index contributed by atoms with van der Waals surface area (Å²) in [6, 6.07) is 28.2. The standard InChI is InChI=1S/C50H74N6O8S.C46H66N4O11/c1-13-34(7)44(54(9)49(60)42(31(2)3)53-47(59)43(32(4)5)55(10)50(61)64-30-37-23-21-33(6)22-24-37)40(62-11)29-41(57)56-26-17-20-39(56)45(63-12)35(8)46(58)52-38(48-51-25-27-65-48)28-36-18-15-14-16-19-36;1-7-40(52)38(18-12-23-48-44(47)56)49-43(55)36(30(2)3)28-31(51)22-25-59-27-26-58-24-13-19-41(53)39(20-21-42(54)61-46(4,5)6)50-45(57)60-29-37-34-16-10-8-14-32(34)33-15-9-11-17-35(33)37/h14-16,18-19,21-25,27,31-32,34-35,38-40,42-45H,13,17,20,26,28-30H2,1-12H3,(H,52,58)(H,53,59);8-11,14-17,30,36-39H,7,12-13,18-29H2,1-6H3,(H,49,55)(H,50,57)(H3,47,48,56)/t34-,35+,38-,39-,40+,42-,43-,44-,45+;36-,38-,39-/m00/s1. The lowest BCUT2D eigenvalue weighted by Crippen LogP contribution is -2.60. The summed E-state index contributed by atoms with van der Waals surface area (Å²) in [7, 11) is 6.36. The summed E-state index contributed by atoms with van der Waals surface area (Å²) in [5.41, 5.74) is 11.7. The minimum absolute atomic E-state index is 0.00256. The molecule has 0 bridgehead atoms. The van der Waals surface area contributed by atoms with Crippen LogP contribution in [0.2, 0.25) is 0 Å². The number of carbonyl (C=O) groups is 12. The number of aromatic nitrogens is 1. The Bertz CT molecular complexity index is 4250. The van der Waals surface area contributed by atoms with E-state index in [1.807, 2.05) is 183 Å². The van der Waals surface area contributed by atoms with Gasteiger partial charge in [-0.3, -0.25) is 48.1 Å². The van der Waals surface area contributed by atoms with E-state index in [2.05, 4.69) is 31.6 Å². The van der Waals surface area contributed by atoms with Crippen LogP contribution in [0.15, 0.2) is 115 Å². The van der Waals surface area contributed by atoms with E-state index >= 15 is 0 Å². The van der Waals surface area contributed by atoms with Gasteiger partial charge in [0.2, 0.25) is 29.5 Å². The molecule has 694 valence electrons. The molecule has 2 heterocycles. The molecule has 7 N–H and O–H groups in total. The molecule has 12 atom stereocenters. The number of esters is 1. The fourth-order valence-electron chi connectivity index (χ4n) is 16.1. The van der Waals surface area contributed by atoms with E-state index in [1.54, 1.807) is 60.1 Å². The molecular weight excluding hydrogens is 1630 g/mol. The van der Waals surface area contributed by atoms with Gasteiger partial charge >= 0.3 is 24.2 Å². The Morgan fingerprint density at radius 2 is 1.28 bits per heavy atom. The van der Waals surface area contributed by atoms with Gasteiger partial charge in [0.1, 0.15) is 41.7 Å². The number of likely N-dealkylation sites (tertiary alicyclic amines) is 1. The quantitative estimate of drug-likeness (QED) is 0.0120. The number of Topliss-reactive ketones (excluding diaryl/α,β-unsaturated/α-hetero) is 3. The number of aryl methyl sites for hydroxylation is 1. The number of ether oxygens (including phenoxy) is 7. The molecule has 1 aliphatic heterocycles. The first kappa shape index (κ1) is 105.